The summed E-state index contributed by atoms with van der Waals surface area (Å²) < 4.78 is 113. The highest BCUT2D eigenvalue weighted by Crippen LogP contribution is 2.40. The van der Waals surface area contributed by atoms with E-state index in [2.05, 4.69) is 14.8 Å². The van der Waals surface area contributed by atoms with Crippen LogP contribution in [-0.2, 0) is 16.7 Å². The van der Waals surface area contributed by atoms with Gasteiger partial charge >= 0.3 is 30.5 Å². The highest BCUT2D eigenvalue weighted by atomic mass is 19.4. The van der Waals surface area contributed by atoms with Gasteiger partial charge in [0.15, 0.2) is 0 Å². The fraction of sp³-hybridized carbons (Fsp3) is 0.259. The number of alkyl halides is 8. The van der Waals surface area contributed by atoms with Crippen LogP contribution >= 0.6 is 0 Å². The number of hydrogen-bond acceptors (Lipinski definition) is 4. The van der Waals surface area contributed by atoms with Crippen LogP contribution in [0.1, 0.15) is 27.0 Å². The molecule has 0 heterocycles. The Bertz CT molecular complexity index is 1350. The second-order valence-corrected chi connectivity index (χ2v) is 8.70. The molecule has 3 aromatic carbocycles. The van der Waals surface area contributed by atoms with Crippen molar-refractivity contribution in [3.63, 3.8) is 0 Å². The van der Waals surface area contributed by atoms with Crippen molar-refractivity contribution in [2.24, 2.45) is 0 Å². The topological polar surface area (TPSA) is 76.7 Å². The molecule has 0 aliphatic rings. The Morgan fingerprint density at radius 3 is 1.98 bits per heavy atom. The summed E-state index contributed by atoms with van der Waals surface area (Å²) in [4.78, 5) is 24.8. The first kappa shape index (κ1) is 31.2. The van der Waals surface area contributed by atoms with Crippen molar-refractivity contribution in [1.82, 2.24) is 10.6 Å². The van der Waals surface area contributed by atoms with Crippen molar-refractivity contribution in [3.8, 4) is 5.75 Å². The van der Waals surface area contributed by atoms with E-state index in [4.69, 9.17) is 0 Å². The molecule has 0 fully saturated rings. The molecule has 220 valence electrons. The summed E-state index contributed by atoms with van der Waals surface area (Å²) in [7, 11) is 1.13. The van der Waals surface area contributed by atoms with Crippen molar-refractivity contribution in [2.45, 2.75) is 30.4 Å². The number of hydrogen-bond donors (Lipinski definition) is 2. The third kappa shape index (κ3) is 7.86. The maximum absolute atomic E-state index is 13.7. The number of benzene rings is 3. The summed E-state index contributed by atoms with van der Waals surface area (Å²) in [5, 5.41) is 4.10. The van der Waals surface area contributed by atoms with Crippen LogP contribution < -0.4 is 15.4 Å². The van der Waals surface area contributed by atoms with Gasteiger partial charge in [-0.05, 0) is 41.0 Å². The molecule has 0 bridgehead atoms. The summed E-state index contributed by atoms with van der Waals surface area (Å²) >= 11 is 0. The number of carbonyl (C=O) groups excluding carboxylic acids is 2. The number of nitrogens with one attached hydrogen (secondary N) is 2. The molecule has 0 aliphatic carbocycles. The van der Waals surface area contributed by atoms with Crippen molar-refractivity contribution < 1.29 is 54.2 Å². The predicted octanol–water partition coefficient (Wildman–Crippen LogP) is 6.35. The Balaban J connectivity index is 2.21. The first-order chi connectivity index (χ1) is 19.1. The molecule has 0 radical (unpaired) electrons. The number of carbonyl (C=O) groups is 2. The van der Waals surface area contributed by atoms with E-state index in [9.17, 15) is 44.7 Å². The van der Waals surface area contributed by atoms with Gasteiger partial charge in [-0.1, -0.05) is 54.6 Å². The lowest BCUT2D eigenvalue weighted by atomic mass is 9.77. The van der Waals surface area contributed by atoms with Crippen LogP contribution in [0.4, 0.5) is 39.9 Å². The molecule has 0 aromatic heterocycles. The molecule has 2 amide bonds. The molecule has 0 saturated carbocycles. The van der Waals surface area contributed by atoms with Crippen LogP contribution in [0.5, 0.6) is 5.75 Å². The van der Waals surface area contributed by atoms with Crippen LogP contribution in [0.3, 0.4) is 0 Å². The van der Waals surface area contributed by atoms with Gasteiger partial charge in [0.2, 0.25) is 0 Å². The van der Waals surface area contributed by atoms with Gasteiger partial charge in [0.05, 0.1) is 18.2 Å². The molecular weight excluding hydrogens is 568 g/mol. The molecule has 14 heteroatoms. The quantitative estimate of drug-likeness (QED) is 0.225. The van der Waals surface area contributed by atoms with Gasteiger partial charge in [-0.2, -0.15) is 35.1 Å². The van der Waals surface area contributed by atoms with Crippen LogP contribution in [0.15, 0.2) is 78.9 Å². The number of rotatable bonds is 9. The highest BCUT2D eigenvalue weighted by molar-refractivity contribution is 5.89. The van der Waals surface area contributed by atoms with Crippen LogP contribution in [0.2, 0.25) is 0 Å². The number of urea groups is 1. The van der Waals surface area contributed by atoms with Crippen LogP contribution in [0, 0.1) is 0 Å². The molecule has 0 saturated heterocycles. The monoisotopic (exact) mass is 590 g/mol. The predicted molar refractivity (Wildman–Crippen MR) is 129 cm³/mol. The van der Waals surface area contributed by atoms with Crippen molar-refractivity contribution in [1.29, 1.82) is 0 Å². The maximum atomic E-state index is 13.7. The molecule has 6 nitrogen and oxygen atoms in total. The summed E-state index contributed by atoms with van der Waals surface area (Å²) in [6.45, 7) is -1.72. The first-order valence-electron chi connectivity index (χ1n) is 11.7. The Hall–Kier alpha value is -4.36. The second kappa shape index (κ2) is 12.0. The van der Waals surface area contributed by atoms with Gasteiger partial charge in [0.25, 0.3) is 0 Å². The standard InChI is InChI=1S/C27H22F8N2O4/c1-40-22(38)18-10-12-19(13-11-18)24(15-17-6-3-2-4-7-17,37-23(39)36-16-25(28,29)30)20-8-5-9-21(14-20)41-27(34,35)26(31,32)33/h2-14H,15-16H2,1H3,(H2,36,37,39)/t24-/m1/s1. The third-order valence-electron chi connectivity index (χ3n) is 5.79. The van der Waals surface area contributed by atoms with E-state index >= 15 is 0 Å². The number of amides is 2. The maximum Gasteiger partial charge on any atom is 0.499 e. The van der Waals surface area contributed by atoms with Gasteiger partial charge in [-0.3, -0.25) is 0 Å². The van der Waals surface area contributed by atoms with E-state index in [1.165, 1.54) is 30.3 Å². The number of ether oxygens (including phenoxy) is 2. The first-order valence-corrected chi connectivity index (χ1v) is 11.7. The molecule has 0 aliphatic heterocycles. The molecule has 2 N–H and O–H groups in total. The van der Waals surface area contributed by atoms with Crippen LogP contribution in [0.25, 0.3) is 0 Å². The Kier molecular flexibility index (Phi) is 9.14. The number of esters is 1. The normalized spacial score (nSPS) is 13.6. The molecular formula is C27H22F8N2O4. The average molecular weight is 590 g/mol. The average Bonchev–Trinajstić information content (AvgIpc) is 2.90. The number of methoxy groups -OCH3 is 1. The zero-order chi connectivity index (χ0) is 30.5. The summed E-state index contributed by atoms with van der Waals surface area (Å²) in [6.07, 6.45) is -16.6. The molecule has 3 rings (SSSR count). The van der Waals surface area contributed by atoms with Crippen LogP contribution in [-0.4, -0.2) is 44.1 Å². The van der Waals surface area contributed by atoms with Gasteiger partial charge in [0.1, 0.15) is 12.3 Å². The van der Waals surface area contributed by atoms with E-state index in [1.807, 2.05) is 0 Å². The minimum atomic E-state index is -6.05. The fourth-order valence-electron chi connectivity index (χ4n) is 3.92. The molecule has 41 heavy (non-hydrogen) atoms. The van der Waals surface area contributed by atoms with Crippen molar-refractivity contribution in [3.05, 3.63) is 101 Å². The van der Waals surface area contributed by atoms with E-state index in [0.717, 1.165) is 25.3 Å². The number of halogens is 8. The second-order valence-electron chi connectivity index (χ2n) is 8.70. The zero-order valence-electron chi connectivity index (χ0n) is 21.1. The van der Waals surface area contributed by atoms with Crippen molar-refractivity contribution in [2.75, 3.05) is 13.7 Å². The molecule has 3 aromatic rings. The fourth-order valence-corrected chi connectivity index (χ4v) is 3.92. The summed E-state index contributed by atoms with van der Waals surface area (Å²) in [6, 6.07) is 16.0. The van der Waals surface area contributed by atoms with Gasteiger partial charge < -0.3 is 20.1 Å². The smallest absolute Gasteiger partial charge is 0.465 e. The molecule has 0 unspecified atom stereocenters. The SMILES string of the molecule is COC(=O)c1ccc([C@@](Cc2ccccc2)(NC(=O)NCC(F)(F)F)c2cccc(OC(F)(F)C(F)(F)F)c2)cc1. The van der Waals surface area contributed by atoms with Gasteiger partial charge in [-0.15, -0.1) is 0 Å². The Morgan fingerprint density at radius 2 is 1.41 bits per heavy atom. The Labute approximate surface area is 228 Å². The minimum Gasteiger partial charge on any atom is -0.465 e. The molecule has 0 spiro atoms. The van der Waals surface area contributed by atoms with E-state index in [-0.39, 0.29) is 23.1 Å². The summed E-state index contributed by atoms with van der Waals surface area (Å²) in [5.41, 5.74) is -1.31. The van der Waals surface area contributed by atoms with Gasteiger partial charge in [0, 0.05) is 6.42 Å². The van der Waals surface area contributed by atoms with E-state index in [0.29, 0.717) is 5.56 Å². The Morgan fingerprint density at radius 1 is 0.780 bits per heavy atom. The lowest BCUT2D eigenvalue weighted by Gasteiger charge is -2.37. The van der Waals surface area contributed by atoms with E-state index in [1.54, 1.807) is 35.6 Å². The van der Waals surface area contributed by atoms with Crippen molar-refractivity contribution >= 4 is 12.0 Å². The lowest BCUT2D eigenvalue weighted by Crippen LogP contribution is -2.53. The third-order valence-corrected chi connectivity index (χ3v) is 5.79. The molecule has 1 atom stereocenters. The minimum absolute atomic E-state index is 0.0632. The lowest BCUT2D eigenvalue weighted by molar-refractivity contribution is -0.360. The zero-order valence-corrected chi connectivity index (χ0v) is 21.1. The largest absolute Gasteiger partial charge is 0.499 e. The van der Waals surface area contributed by atoms with E-state index < -0.39 is 48.3 Å². The van der Waals surface area contributed by atoms with Gasteiger partial charge in [-0.25, -0.2) is 9.59 Å². The highest BCUT2D eigenvalue weighted by Gasteiger charge is 2.61. The summed E-state index contributed by atoms with van der Waals surface area (Å²) in [5.74, 6) is -1.67.